The number of hydrogen-bond acceptors (Lipinski definition) is 3. The summed E-state index contributed by atoms with van der Waals surface area (Å²) < 4.78 is 5.31. The Hall–Kier alpha value is -4.18. The molecular weight excluding hydrogens is 398 g/mol. The minimum atomic E-state index is -0.419. The number of aromatic amines is 1. The number of aromatic nitrogens is 1. The van der Waals surface area contributed by atoms with Gasteiger partial charge in [-0.3, -0.25) is 4.79 Å². The molecule has 0 fully saturated rings. The first-order chi connectivity index (χ1) is 15.7. The van der Waals surface area contributed by atoms with Gasteiger partial charge in [0.05, 0.1) is 6.61 Å². The van der Waals surface area contributed by atoms with Crippen LogP contribution in [0.3, 0.4) is 0 Å². The molecule has 4 aromatic rings. The van der Waals surface area contributed by atoms with Gasteiger partial charge in [0.25, 0.3) is 0 Å². The van der Waals surface area contributed by atoms with E-state index in [1.807, 2.05) is 91.1 Å². The fraction of sp³-hybridized carbons (Fsp3) is 0.0714. The van der Waals surface area contributed by atoms with Crippen molar-refractivity contribution >= 4 is 22.9 Å². The third kappa shape index (κ3) is 3.17. The first-order valence-corrected chi connectivity index (χ1v) is 10.6. The van der Waals surface area contributed by atoms with Crippen LogP contribution in [-0.4, -0.2) is 23.3 Å². The monoisotopic (exact) mass is 419 g/mol. The highest BCUT2D eigenvalue weighted by molar-refractivity contribution is 6.42. The first-order valence-electron chi connectivity index (χ1n) is 10.6. The van der Waals surface area contributed by atoms with Crippen LogP contribution in [0.25, 0.3) is 22.3 Å². The Morgan fingerprint density at radius 3 is 2.00 bits per heavy atom. The highest BCUT2D eigenvalue weighted by Gasteiger charge is 2.34. The standard InChI is InChI=1S/C28H21NO3/c1-2-32-28(31)26-23(18-11-5-3-6-12-18)22(17-29-26)25-20-15-9-10-16-21(20)27(30)24(25)19-13-7-4-8-14-19/h3-17,29H,2H2,1H3. The Bertz CT molecular complexity index is 1350. The van der Waals surface area contributed by atoms with Crippen LogP contribution >= 0.6 is 0 Å². The number of ketones is 1. The number of ether oxygens (including phenoxy) is 1. The second-order valence-electron chi connectivity index (χ2n) is 7.53. The fourth-order valence-electron chi connectivity index (χ4n) is 4.33. The van der Waals surface area contributed by atoms with Gasteiger partial charge in [-0.2, -0.15) is 0 Å². The average Bonchev–Trinajstić information content (AvgIpc) is 3.40. The molecule has 1 heterocycles. The van der Waals surface area contributed by atoms with Gasteiger partial charge in [0, 0.05) is 34.0 Å². The van der Waals surface area contributed by atoms with E-state index in [1.54, 1.807) is 6.92 Å². The minimum Gasteiger partial charge on any atom is -0.461 e. The smallest absolute Gasteiger partial charge is 0.355 e. The van der Waals surface area contributed by atoms with Crippen LogP contribution in [0.4, 0.5) is 0 Å². The summed E-state index contributed by atoms with van der Waals surface area (Å²) in [6.07, 6.45) is 1.81. The number of benzene rings is 3. The van der Waals surface area contributed by atoms with E-state index < -0.39 is 5.97 Å². The van der Waals surface area contributed by atoms with Crippen LogP contribution in [-0.2, 0) is 4.74 Å². The molecule has 5 rings (SSSR count). The summed E-state index contributed by atoms with van der Waals surface area (Å²) >= 11 is 0. The molecule has 1 aliphatic carbocycles. The summed E-state index contributed by atoms with van der Waals surface area (Å²) in [5.41, 5.74) is 6.63. The first kappa shape index (κ1) is 19.8. The van der Waals surface area contributed by atoms with Crippen LogP contribution in [0, 0.1) is 0 Å². The van der Waals surface area contributed by atoms with Crippen LogP contribution in [0.15, 0.2) is 91.1 Å². The molecule has 0 radical (unpaired) electrons. The van der Waals surface area contributed by atoms with E-state index in [9.17, 15) is 9.59 Å². The summed E-state index contributed by atoms with van der Waals surface area (Å²) in [6.45, 7) is 2.06. The van der Waals surface area contributed by atoms with Crippen molar-refractivity contribution in [2.45, 2.75) is 6.92 Å². The van der Waals surface area contributed by atoms with Gasteiger partial charge >= 0.3 is 5.97 Å². The van der Waals surface area contributed by atoms with E-state index in [-0.39, 0.29) is 12.4 Å². The Morgan fingerprint density at radius 1 is 0.750 bits per heavy atom. The normalized spacial score (nSPS) is 12.7. The number of H-pyrrole nitrogens is 1. The maximum atomic E-state index is 13.5. The van der Waals surface area contributed by atoms with E-state index >= 15 is 0 Å². The third-order valence-corrected chi connectivity index (χ3v) is 5.67. The maximum Gasteiger partial charge on any atom is 0.355 e. The average molecular weight is 419 g/mol. The molecule has 3 aromatic carbocycles. The van der Waals surface area contributed by atoms with Crippen LogP contribution < -0.4 is 0 Å². The zero-order valence-corrected chi connectivity index (χ0v) is 17.6. The SMILES string of the molecule is CCOC(=O)c1[nH]cc(C2=C(c3ccccc3)C(=O)c3ccccc32)c1-c1ccccc1. The lowest BCUT2D eigenvalue weighted by Gasteiger charge is -2.12. The van der Waals surface area contributed by atoms with Gasteiger partial charge in [-0.05, 0) is 23.6 Å². The van der Waals surface area contributed by atoms with Crippen molar-refractivity contribution in [3.8, 4) is 11.1 Å². The maximum absolute atomic E-state index is 13.5. The van der Waals surface area contributed by atoms with Crippen molar-refractivity contribution in [1.29, 1.82) is 0 Å². The van der Waals surface area contributed by atoms with Gasteiger partial charge in [0.2, 0.25) is 0 Å². The van der Waals surface area contributed by atoms with Crippen molar-refractivity contribution in [2.24, 2.45) is 0 Å². The molecule has 0 saturated heterocycles. The molecule has 0 aliphatic heterocycles. The Kier molecular flexibility index (Phi) is 5.04. The predicted octanol–water partition coefficient (Wildman–Crippen LogP) is 6.01. The van der Waals surface area contributed by atoms with Crippen LogP contribution in [0.1, 0.15) is 44.5 Å². The van der Waals surface area contributed by atoms with Crippen molar-refractivity contribution < 1.29 is 14.3 Å². The summed E-state index contributed by atoms with van der Waals surface area (Å²) in [7, 11) is 0. The number of carbonyl (C=O) groups excluding carboxylic acids is 2. The van der Waals surface area contributed by atoms with E-state index in [1.165, 1.54) is 0 Å². The second-order valence-corrected chi connectivity index (χ2v) is 7.53. The van der Waals surface area contributed by atoms with Crippen molar-refractivity contribution in [3.63, 3.8) is 0 Å². The molecule has 0 unspecified atom stereocenters. The number of allylic oxidation sites excluding steroid dienone is 1. The topological polar surface area (TPSA) is 59.2 Å². The lowest BCUT2D eigenvalue weighted by atomic mass is 9.90. The van der Waals surface area contributed by atoms with Gasteiger partial charge in [-0.15, -0.1) is 0 Å². The van der Waals surface area contributed by atoms with Crippen LogP contribution in [0.2, 0.25) is 0 Å². The summed E-state index contributed by atoms with van der Waals surface area (Å²) in [5.74, 6) is -0.434. The Balaban J connectivity index is 1.84. The van der Waals surface area contributed by atoms with Crippen molar-refractivity contribution in [1.82, 2.24) is 4.98 Å². The van der Waals surface area contributed by atoms with Gasteiger partial charge in [-0.1, -0.05) is 84.9 Å². The molecule has 1 aromatic heterocycles. The van der Waals surface area contributed by atoms with Gasteiger partial charge < -0.3 is 9.72 Å². The lowest BCUT2D eigenvalue weighted by molar-refractivity contribution is 0.0521. The molecular formula is C28H21NO3. The number of Topliss-reactive ketones (excluding diaryl/α,β-unsaturated/α-hetero) is 1. The quantitative estimate of drug-likeness (QED) is 0.403. The number of fused-ring (bicyclic) bond motifs is 1. The van der Waals surface area contributed by atoms with E-state index in [0.29, 0.717) is 16.8 Å². The van der Waals surface area contributed by atoms with E-state index in [4.69, 9.17) is 4.74 Å². The Morgan fingerprint density at radius 2 is 1.34 bits per heavy atom. The van der Waals surface area contributed by atoms with Crippen molar-refractivity contribution in [2.75, 3.05) is 6.61 Å². The van der Waals surface area contributed by atoms with Gasteiger partial charge in [0.1, 0.15) is 5.69 Å². The minimum absolute atomic E-state index is 0.0142. The third-order valence-electron chi connectivity index (χ3n) is 5.67. The summed E-state index contributed by atoms with van der Waals surface area (Å²) in [4.78, 5) is 29.4. The number of hydrogen-bond donors (Lipinski definition) is 1. The molecule has 0 spiro atoms. The highest BCUT2D eigenvalue weighted by Crippen LogP contribution is 2.45. The largest absolute Gasteiger partial charge is 0.461 e. The zero-order valence-electron chi connectivity index (χ0n) is 17.6. The molecule has 1 N–H and O–H groups in total. The predicted molar refractivity (Wildman–Crippen MR) is 125 cm³/mol. The zero-order chi connectivity index (χ0) is 22.1. The molecule has 156 valence electrons. The lowest BCUT2D eigenvalue weighted by Crippen LogP contribution is -2.06. The fourth-order valence-corrected chi connectivity index (χ4v) is 4.33. The Labute approximate surface area is 186 Å². The number of rotatable bonds is 5. The molecule has 1 aliphatic rings. The molecule has 0 bridgehead atoms. The van der Waals surface area contributed by atoms with Crippen LogP contribution in [0.5, 0.6) is 0 Å². The number of esters is 1. The molecule has 32 heavy (non-hydrogen) atoms. The molecule has 0 atom stereocenters. The van der Waals surface area contributed by atoms with Gasteiger partial charge in [-0.25, -0.2) is 4.79 Å². The molecule has 0 saturated carbocycles. The highest BCUT2D eigenvalue weighted by atomic mass is 16.5. The molecule has 4 nitrogen and oxygen atoms in total. The van der Waals surface area contributed by atoms with Gasteiger partial charge in [0.15, 0.2) is 5.78 Å². The summed E-state index contributed by atoms with van der Waals surface area (Å²) in [6, 6.07) is 27.0. The van der Waals surface area contributed by atoms with E-state index in [0.717, 1.165) is 33.4 Å². The second kappa shape index (κ2) is 8.16. The number of carbonyl (C=O) groups is 2. The molecule has 0 amide bonds. The van der Waals surface area contributed by atoms with Crippen molar-refractivity contribution in [3.05, 3.63) is 119 Å². The summed E-state index contributed by atoms with van der Waals surface area (Å²) in [5, 5.41) is 0. The molecule has 4 heteroatoms. The number of nitrogens with one attached hydrogen (secondary N) is 1. The van der Waals surface area contributed by atoms with E-state index in [2.05, 4.69) is 4.98 Å².